The zero-order valence-electron chi connectivity index (χ0n) is 12.3. The number of pyridine rings is 1. The van der Waals surface area contributed by atoms with Gasteiger partial charge in [-0.15, -0.1) is 0 Å². The smallest absolute Gasteiger partial charge is 0.251 e. The second-order valence-corrected chi connectivity index (χ2v) is 4.86. The van der Waals surface area contributed by atoms with Gasteiger partial charge in [0.1, 0.15) is 0 Å². The molecule has 0 saturated carbocycles. The number of hydrogen-bond donors (Lipinski definition) is 2. The zero-order valence-corrected chi connectivity index (χ0v) is 12.3. The molecule has 0 radical (unpaired) electrons. The topological polar surface area (TPSA) is 67.0 Å². The molecule has 3 rings (SSSR count). The molecule has 5 heteroatoms. The summed E-state index contributed by atoms with van der Waals surface area (Å²) in [5, 5.41) is 3.98. The van der Waals surface area contributed by atoms with Crippen molar-refractivity contribution in [3.8, 4) is 5.88 Å². The van der Waals surface area contributed by atoms with Gasteiger partial charge in [0.2, 0.25) is 5.88 Å². The lowest BCUT2D eigenvalue weighted by Gasteiger charge is -2.10. The molecule has 0 aliphatic carbocycles. The van der Waals surface area contributed by atoms with Crippen molar-refractivity contribution in [2.45, 2.75) is 13.5 Å². The Morgan fingerprint density at radius 2 is 2.23 bits per heavy atom. The number of ether oxygens (including phenoxy) is 1. The van der Waals surface area contributed by atoms with E-state index in [0.29, 0.717) is 24.6 Å². The third-order valence-corrected chi connectivity index (χ3v) is 3.39. The maximum Gasteiger partial charge on any atom is 0.251 e. The number of nitrogens with zero attached hydrogens (tertiary/aromatic N) is 1. The average molecular weight is 295 g/mol. The summed E-state index contributed by atoms with van der Waals surface area (Å²) in [7, 11) is 0. The predicted molar refractivity (Wildman–Crippen MR) is 84.9 cm³/mol. The summed E-state index contributed by atoms with van der Waals surface area (Å²) >= 11 is 0. The number of fused-ring (bicyclic) bond motifs is 1. The minimum Gasteiger partial charge on any atom is -0.478 e. The van der Waals surface area contributed by atoms with Crippen LogP contribution in [-0.4, -0.2) is 22.5 Å². The zero-order chi connectivity index (χ0) is 15.4. The first-order valence-electron chi connectivity index (χ1n) is 7.20. The standard InChI is InChI=1S/C17H17N3O2/c1-2-22-17-14(4-3-8-19-17)11-20-16(21)13-6-5-12-7-9-18-15(12)10-13/h3-10,18H,2,11H2,1H3,(H,20,21). The van der Waals surface area contributed by atoms with Crippen LogP contribution in [0.4, 0.5) is 0 Å². The molecule has 0 aliphatic heterocycles. The molecule has 5 nitrogen and oxygen atoms in total. The van der Waals surface area contributed by atoms with Crippen LogP contribution in [0.15, 0.2) is 48.8 Å². The van der Waals surface area contributed by atoms with Crippen LogP contribution in [0.25, 0.3) is 10.9 Å². The lowest BCUT2D eigenvalue weighted by Crippen LogP contribution is -2.23. The van der Waals surface area contributed by atoms with Gasteiger partial charge in [0.15, 0.2) is 0 Å². The van der Waals surface area contributed by atoms with Gasteiger partial charge in [-0.1, -0.05) is 12.1 Å². The molecule has 112 valence electrons. The second kappa shape index (κ2) is 6.30. The Balaban J connectivity index is 1.72. The summed E-state index contributed by atoms with van der Waals surface area (Å²) in [6.07, 6.45) is 3.53. The molecule has 22 heavy (non-hydrogen) atoms. The van der Waals surface area contributed by atoms with E-state index in [1.807, 2.05) is 49.5 Å². The second-order valence-electron chi connectivity index (χ2n) is 4.86. The van der Waals surface area contributed by atoms with Gasteiger partial charge >= 0.3 is 0 Å². The number of benzene rings is 1. The highest BCUT2D eigenvalue weighted by atomic mass is 16.5. The molecule has 0 saturated heterocycles. The minimum absolute atomic E-state index is 0.122. The van der Waals surface area contributed by atoms with Gasteiger partial charge in [-0.25, -0.2) is 4.98 Å². The van der Waals surface area contributed by atoms with Crippen LogP contribution in [0.5, 0.6) is 5.88 Å². The molecule has 1 aromatic carbocycles. The van der Waals surface area contributed by atoms with Crippen molar-refractivity contribution >= 4 is 16.8 Å². The highest BCUT2D eigenvalue weighted by molar-refractivity contribution is 5.97. The number of nitrogens with one attached hydrogen (secondary N) is 2. The van der Waals surface area contributed by atoms with Crippen LogP contribution in [0.3, 0.4) is 0 Å². The lowest BCUT2D eigenvalue weighted by molar-refractivity contribution is 0.0950. The van der Waals surface area contributed by atoms with Crippen molar-refractivity contribution in [3.63, 3.8) is 0 Å². The summed E-state index contributed by atoms with van der Waals surface area (Å²) in [6, 6.07) is 11.3. The summed E-state index contributed by atoms with van der Waals surface area (Å²) in [4.78, 5) is 19.5. The molecule has 0 spiro atoms. The van der Waals surface area contributed by atoms with Gasteiger partial charge in [0.05, 0.1) is 6.61 Å². The third-order valence-electron chi connectivity index (χ3n) is 3.39. The monoisotopic (exact) mass is 295 g/mol. The number of amides is 1. The van der Waals surface area contributed by atoms with Gasteiger partial charge in [0, 0.05) is 35.6 Å². The molecule has 0 unspecified atom stereocenters. The van der Waals surface area contributed by atoms with E-state index in [1.54, 1.807) is 6.20 Å². The van der Waals surface area contributed by atoms with Crippen molar-refractivity contribution in [3.05, 3.63) is 59.9 Å². The van der Waals surface area contributed by atoms with E-state index >= 15 is 0 Å². The molecule has 2 N–H and O–H groups in total. The fourth-order valence-corrected chi connectivity index (χ4v) is 2.29. The summed E-state index contributed by atoms with van der Waals surface area (Å²) in [5.74, 6) is 0.438. The molecule has 2 heterocycles. The number of carbonyl (C=O) groups is 1. The SMILES string of the molecule is CCOc1ncccc1CNC(=O)c1ccc2cc[nH]c2c1. The highest BCUT2D eigenvalue weighted by Gasteiger charge is 2.09. The van der Waals surface area contributed by atoms with Crippen LogP contribution >= 0.6 is 0 Å². The van der Waals surface area contributed by atoms with E-state index in [-0.39, 0.29) is 5.91 Å². The molecule has 0 aliphatic rings. The molecule has 1 amide bonds. The summed E-state index contributed by atoms with van der Waals surface area (Å²) in [5.41, 5.74) is 2.43. The van der Waals surface area contributed by atoms with Crippen molar-refractivity contribution < 1.29 is 9.53 Å². The number of aromatic amines is 1. The highest BCUT2D eigenvalue weighted by Crippen LogP contribution is 2.16. The number of aromatic nitrogens is 2. The normalized spacial score (nSPS) is 10.6. The van der Waals surface area contributed by atoms with Crippen LogP contribution in [0, 0.1) is 0 Å². The fourth-order valence-electron chi connectivity index (χ4n) is 2.29. The van der Waals surface area contributed by atoms with Gasteiger partial charge in [-0.2, -0.15) is 0 Å². The number of H-pyrrole nitrogens is 1. The first kappa shape index (κ1) is 14.1. The molecular formula is C17H17N3O2. The Labute approximate surface area is 128 Å². The molecule has 0 fully saturated rings. The van der Waals surface area contributed by atoms with E-state index in [0.717, 1.165) is 16.5 Å². The van der Waals surface area contributed by atoms with E-state index in [1.165, 1.54) is 0 Å². The van der Waals surface area contributed by atoms with Gasteiger partial charge < -0.3 is 15.0 Å². The molecule has 3 aromatic rings. The number of hydrogen-bond acceptors (Lipinski definition) is 3. The maximum absolute atomic E-state index is 12.3. The minimum atomic E-state index is -0.122. The third kappa shape index (κ3) is 2.93. The molecular weight excluding hydrogens is 278 g/mol. The quantitative estimate of drug-likeness (QED) is 0.760. The fraction of sp³-hybridized carbons (Fsp3) is 0.176. The Morgan fingerprint density at radius 1 is 1.32 bits per heavy atom. The van der Waals surface area contributed by atoms with E-state index < -0.39 is 0 Å². The largest absolute Gasteiger partial charge is 0.478 e. The van der Waals surface area contributed by atoms with Gasteiger partial charge in [0.25, 0.3) is 5.91 Å². The van der Waals surface area contributed by atoms with Crippen LogP contribution in [-0.2, 0) is 6.54 Å². The van der Waals surface area contributed by atoms with Crippen LogP contribution in [0.1, 0.15) is 22.8 Å². The number of rotatable bonds is 5. The van der Waals surface area contributed by atoms with Crippen LogP contribution < -0.4 is 10.1 Å². The van der Waals surface area contributed by atoms with E-state index in [9.17, 15) is 4.79 Å². The van der Waals surface area contributed by atoms with Crippen molar-refractivity contribution in [2.75, 3.05) is 6.61 Å². The maximum atomic E-state index is 12.3. The number of carbonyl (C=O) groups excluding carboxylic acids is 1. The Bertz CT molecular complexity index is 795. The summed E-state index contributed by atoms with van der Waals surface area (Å²) < 4.78 is 5.45. The van der Waals surface area contributed by atoms with Crippen molar-refractivity contribution in [2.24, 2.45) is 0 Å². The Hall–Kier alpha value is -2.82. The summed E-state index contributed by atoms with van der Waals surface area (Å²) in [6.45, 7) is 2.83. The average Bonchev–Trinajstić information content (AvgIpc) is 3.01. The Kier molecular flexibility index (Phi) is 4.05. The van der Waals surface area contributed by atoms with Crippen molar-refractivity contribution in [1.29, 1.82) is 0 Å². The van der Waals surface area contributed by atoms with Crippen molar-refractivity contribution in [1.82, 2.24) is 15.3 Å². The van der Waals surface area contributed by atoms with Gasteiger partial charge in [-0.3, -0.25) is 4.79 Å². The predicted octanol–water partition coefficient (Wildman–Crippen LogP) is 2.89. The van der Waals surface area contributed by atoms with E-state index in [2.05, 4.69) is 15.3 Å². The molecule has 0 bridgehead atoms. The molecule has 2 aromatic heterocycles. The first-order valence-corrected chi connectivity index (χ1v) is 7.20. The van der Waals surface area contributed by atoms with Gasteiger partial charge in [-0.05, 0) is 36.6 Å². The van der Waals surface area contributed by atoms with E-state index in [4.69, 9.17) is 4.74 Å². The lowest BCUT2D eigenvalue weighted by atomic mass is 10.1. The van der Waals surface area contributed by atoms with Crippen LogP contribution in [0.2, 0.25) is 0 Å². The Morgan fingerprint density at radius 3 is 3.09 bits per heavy atom. The molecule has 0 atom stereocenters. The first-order chi connectivity index (χ1) is 10.8.